The third-order valence-electron chi connectivity index (χ3n) is 4.62. The Hall–Kier alpha value is -1.35. The highest BCUT2D eigenvalue weighted by molar-refractivity contribution is 5.81. The molecule has 1 saturated heterocycles. The first-order valence-electron chi connectivity index (χ1n) is 7.85. The number of carboxylic acid groups (broad SMARTS) is 1. The summed E-state index contributed by atoms with van der Waals surface area (Å²) in [6.45, 7) is 9.57. The molecule has 0 spiro atoms. The van der Waals surface area contributed by atoms with E-state index in [0.29, 0.717) is 18.3 Å². The number of rotatable bonds is 4. The average Bonchev–Trinajstić information content (AvgIpc) is 2.45. The van der Waals surface area contributed by atoms with Gasteiger partial charge >= 0.3 is 5.97 Å². The summed E-state index contributed by atoms with van der Waals surface area (Å²) in [6, 6.07) is 9.73. The van der Waals surface area contributed by atoms with Crippen molar-refractivity contribution in [3.63, 3.8) is 0 Å². The molecule has 2 rings (SSSR count). The lowest BCUT2D eigenvalue weighted by atomic mass is 9.72. The van der Waals surface area contributed by atoms with E-state index in [4.69, 9.17) is 0 Å². The number of hydrogen-bond acceptors (Lipinski definition) is 2. The summed E-state index contributed by atoms with van der Waals surface area (Å²) in [7, 11) is 0. The van der Waals surface area contributed by atoms with E-state index >= 15 is 0 Å². The van der Waals surface area contributed by atoms with Gasteiger partial charge in [-0.25, -0.2) is 0 Å². The largest absolute Gasteiger partial charge is 0.481 e. The molecule has 1 aromatic carbocycles. The van der Waals surface area contributed by atoms with Crippen LogP contribution in [-0.4, -0.2) is 35.6 Å². The van der Waals surface area contributed by atoms with E-state index in [-0.39, 0.29) is 0 Å². The number of carbonyl (C=O) groups is 1. The van der Waals surface area contributed by atoms with Gasteiger partial charge in [0.15, 0.2) is 0 Å². The third-order valence-corrected chi connectivity index (χ3v) is 4.62. The Morgan fingerprint density at radius 2 is 1.76 bits per heavy atom. The summed E-state index contributed by atoms with van der Waals surface area (Å²) in [6.07, 6.45) is 2.56. The minimum absolute atomic E-state index is 0.334. The molecule has 0 radical (unpaired) electrons. The zero-order chi connectivity index (χ0) is 15.5. The van der Waals surface area contributed by atoms with Crippen LogP contribution in [0.25, 0.3) is 0 Å². The van der Waals surface area contributed by atoms with Crippen molar-refractivity contribution < 1.29 is 9.90 Å². The molecular formula is C18H27NO2. The van der Waals surface area contributed by atoms with Crippen LogP contribution in [0.15, 0.2) is 30.3 Å². The van der Waals surface area contributed by atoms with Crippen LogP contribution in [0.5, 0.6) is 0 Å². The van der Waals surface area contributed by atoms with Crippen LogP contribution in [0.4, 0.5) is 0 Å². The molecule has 0 aliphatic carbocycles. The SMILES string of the molecule is CC(C)(C)CCN1CCC(C(=O)O)(c2ccccc2)CC1. The van der Waals surface area contributed by atoms with Crippen LogP contribution in [0.3, 0.4) is 0 Å². The minimum Gasteiger partial charge on any atom is -0.481 e. The van der Waals surface area contributed by atoms with Crippen molar-refractivity contribution in [3.05, 3.63) is 35.9 Å². The average molecular weight is 289 g/mol. The lowest BCUT2D eigenvalue weighted by molar-refractivity contribution is -0.146. The van der Waals surface area contributed by atoms with Crippen molar-refractivity contribution in [1.29, 1.82) is 0 Å². The third kappa shape index (κ3) is 3.85. The maximum atomic E-state index is 11.9. The van der Waals surface area contributed by atoms with Gasteiger partial charge in [0.25, 0.3) is 0 Å². The summed E-state index contributed by atoms with van der Waals surface area (Å²) in [4.78, 5) is 14.3. The predicted octanol–water partition coefficient (Wildman–Crippen LogP) is 3.54. The van der Waals surface area contributed by atoms with Gasteiger partial charge in [0.05, 0.1) is 5.41 Å². The van der Waals surface area contributed by atoms with E-state index in [2.05, 4.69) is 25.7 Å². The van der Waals surface area contributed by atoms with Crippen LogP contribution in [-0.2, 0) is 10.2 Å². The normalized spacial score (nSPS) is 19.4. The molecule has 1 heterocycles. The van der Waals surface area contributed by atoms with Crippen molar-refractivity contribution in [1.82, 2.24) is 4.90 Å². The molecule has 1 aliphatic heterocycles. The highest BCUT2D eigenvalue weighted by Crippen LogP contribution is 2.36. The van der Waals surface area contributed by atoms with E-state index in [9.17, 15) is 9.90 Å². The first-order chi connectivity index (χ1) is 9.83. The first-order valence-corrected chi connectivity index (χ1v) is 7.85. The molecule has 0 bridgehead atoms. The van der Waals surface area contributed by atoms with Crippen molar-refractivity contribution in [2.45, 2.75) is 45.4 Å². The van der Waals surface area contributed by atoms with Crippen molar-refractivity contribution in [2.24, 2.45) is 5.41 Å². The number of likely N-dealkylation sites (tertiary alicyclic amines) is 1. The van der Waals surface area contributed by atoms with Gasteiger partial charge in [-0.3, -0.25) is 4.79 Å². The zero-order valence-corrected chi connectivity index (χ0v) is 13.4. The summed E-state index contributed by atoms with van der Waals surface area (Å²) < 4.78 is 0. The molecule has 1 aliphatic rings. The quantitative estimate of drug-likeness (QED) is 0.921. The van der Waals surface area contributed by atoms with Gasteiger partial charge in [-0.15, -0.1) is 0 Å². The standard InChI is InChI=1S/C18H27NO2/c1-17(2,3)9-12-19-13-10-18(11-14-19,16(20)21)15-7-5-4-6-8-15/h4-8H,9-14H2,1-3H3,(H,20,21). The van der Waals surface area contributed by atoms with E-state index < -0.39 is 11.4 Å². The van der Waals surface area contributed by atoms with Gasteiger partial charge in [-0.05, 0) is 49.9 Å². The zero-order valence-electron chi connectivity index (χ0n) is 13.4. The Balaban J connectivity index is 2.04. The second kappa shape index (κ2) is 6.18. The number of benzene rings is 1. The van der Waals surface area contributed by atoms with Gasteiger partial charge in [0, 0.05) is 0 Å². The second-order valence-corrected chi connectivity index (χ2v) is 7.41. The number of aliphatic carboxylic acids is 1. The number of hydrogen-bond donors (Lipinski definition) is 1. The van der Waals surface area contributed by atoms with Gasteiger partial charge in [-0.2, -0.15) is 0 Å². The second-order valence-electron chi connectivity index (χ2n) is 7.41. The van der Waals surface area contributed by atoms with Crippen LogP contribution in [0.1, 0.15) is 45.6 Å². The smallest absolute Gasteiger partial charge is 0.314 e. The molecule has 0 unspecified atom stereocenters. The van der Waals surface area contributed by atoms with Crippen molar-refractivity contribution in [3.8, 4) is 0 Å². The van der Waals surface area contributed by atoms with E-state index in [1.807, 2.05) is 30.3 Å². The van der Waals surface area contributed by atoms with Crippen LogP contribution in [0, 0.1) is 5.41 Å². The maximum Gasteiger partial charge on any atom is 0.314 e. The van der Waals surface area contributed by atoms with Gasteiger partial charge < -0.3 is 10.0 Å². The maximum absolute atomic E-state index is 11.9. The predicted molar refractivity (Wildman–Crippen MR) is 85.5 cm³/mol. The Morgan fingerprint density at radius 1 is 1.19 bits per heavy atom. The van der Waals surface area contributed by atoms with Crippen molar-refractivity contribution in [2.75, 3.05) is 19.6 Å². The molecular weight excluding hydrogens is 262 g/mol. The van der Waals surface area contributed by atoms with Gasteiger partial charge in [-0.1, -0.05) is 51.1 Å². The van der Waals surface area contributed by atoms with E-state index in [1.165, 1.54) is 0 Å². The minimum atomic E-state index is -0.695. The highest BCUT2D eigenvalue weighted by Gasteiger charge is 2.42. The molecule has 21 heavy (non-hydrogen) atoms. The Kier molecular flexibility index (Phi) is 4.72. The summed E-state index contributed by atoms with van der Waals surface area (Å²) >= 11 is 0. The van der Waals surface area contributed by atoms with Gasteiger partial charge in [0.2, 0.25) is 0 Å². The molecule has 116 valence electrons. The number of carboxylic acids is 1. The topological polar surface area (TPSA) is 40.5 Å². The Labute approximate surface area is 128 Å². The number of nitrogens with zero attached hydrogens (tertiary/aromatic N) is 1. The summed E-state index contributed by atoms with van der Waals surface area (Å²) in [5, 5.41) is 9.77. The van der Waals surface area contributed by atoms with Crippen LogP contribution < -0.4 is 0 Å². The summed E-state index contributed by atoms with van der Waals surface area (Å²) in [5.41, 5.74) is 0.591. The molecule has 1 N–H and O–H groups in total. The van der Waals surface area contributed by atoms with E-state index in [1.54, 1.807) is 0 Å². The fourth-order valence-corrected chi connectivity index (χ4v) is 3.04. The fraction of sp³-hybridized carbons (Fsp3) is 0.611. The van der Waals surface area contributed by atoms with Crippen molar-refractivity contribution >= 4 is 5.97 Å². The van der Waals surface area contributed by atoms with E-state index in [0.717, 1.165) is 31.6 Å². The Bertz CT molecular complexity index is 468. The fourth-order valence-electron chi connectivity index (χ4n) is 3.04. The molecule has 0 saturated carbocycles. The molecule has 0 amide bonds. The van der Waals surface area contributed by atoms with Crippen LogP contribution in [0.2, 0.25) is 0 Å². The molecule has 1 aromatic rings. The monoisotopic (exact) mass is 289 g/mol. The lowest BCUT2D eigenvalue weighted by Gasteiger charge is -2.40. The van der Waals surface area contributed by atoms with Gasteiger partial charge in [0.1, 0.15) is 0 Å². The first kappa shape index (κ1) is 16.0. The number of piperidine rings is 1. The molecule has 3 heteroatoms. The molecule has 3 nitrogen and oxygen atoms in total. The molecule has 0 atom stereocenters. The summed E-state index contributed by atoms with van der Waals surface area (Å²) in [5.74, 6) is -0.677. The lowest BCUT2D eigenvalue weighted by Crippen LogP contribution is -2.47. The highest BCUT2D eigenvalue weighted by atomic mass is 16.4. The Morgan fingerprint density at radius 3 is 2.24 bits per heavy atom. The molecule has 1 fully saturated rings. The van der Waals surface area contributed by atoms with Crippen LogP contribution >= 0.6 is 0 Å². The molecule has 0 aromatic heterocycles.